The van der Waals surface area contributed by atoms with Gasteiger partial charge in [0.2, 0.25) is 0 Å². The van der Waals surface area contributed by atoms with Gasteiger partial charge in [0.25, 0.3) is 0 Å². The Kier molecular flexibility index (Phi) is 5.89. The molecule has 0 radical (unpaired) electrons. The van der Waals surface area contributed by atoms with Gasteiger partial charge in [0.1, 0.15) is 6.04 Å². The van der Waals surface area contributed by atoms with E-state index in [9.17, 15) is 0 Å². The van der Waals surface area contributed by atoms with Gasteiger partial charge in [0, 0.05) is 48.7 Å². The van der Waals surface area contributed by atoms with E-state index in [1.54, 1.807) is 6.20 Å². The Balaban J connectivity index is 1.41. The topological polar surface area (TPSA) is 58.5 Å². The zero-order valence-corrected chi connectivity index (χ0v) is 20.0. The van der Waals surface area contributed by atoms with Crippen LogP contribution in [0.1, 0.15) is 23.5 Å². The molecule has 1 aromatic carbocycles. The van der Waals surface area contributed by atoms with Crippen molar-refractivity contribution < 1.29 is 4.74 Å². The van der Waals surface area contributed by atoms with Gasteiger partial charge in [-0.1, -0.05) is 6.07 Å². The maximum atomic E-state index is 5.91. The Hall–Kier alpha value is -3.75. The number of nitrogens with zero attached hydrogens (tertiary/aromatic N) is 5. The molecule has 176 valence electrons. The van der Waals surface area contributed by atoms with Gasteiger partial charge in [-0.2, -0.15) is 0 Å². The number of benzene rings is 1. The average Bonchev–Trinajstić information content (AvgIpc) is 3.55. The number of morpholine rings is 1. The van der Waals surface area contributed by atoms with Gasteiger partial charge in [-0.3, -0.25) is 9.97 Å². The van der Waals surface area contributed by atoms with Crippen LogP contribution >= 0.6 is 12.2 Å². The molecular weight excluding hydrogens is 456 g/mol. The molecule has 2 aliphatic heterocycles. The monoisotopic (exact) mass is 482 g/mol. The lowest BCUT2D eigenvalue weighted by atomic mass is 10.0. The highest BCUT2D eigenvalue weighted by molar-refractivity contribution is 7.80. The quantitative estimate of drug-likeness (QED) is 0.426. The van der Waals surface area contributed by atoms with Crippen molar-refractivity contribution in [1.82, 2.24) is 19.9 Å². The molecule has 2 fully saturated rings. The highest BCUT2D eigenvalue weighted by Crippen LogP contribution is 2.42. The number of ether oxygens (including phenoxy) is 1. The maximum Gasteiger partial charge on any atom is 0.174 e. The summed E-state index contributed by atoms with van der Waals surface area (Å²) in [5.74, 6) is 0. The SMILES string of the molecule is S=C1N[C@@H](c2ccccn2)[C@H](c2cccn2-c2cccnc2)N1c1ccc(N2CCOCC2)cc1. The van der Waals surface area contributed by atoms with Crippen molar-refractivity contribution in [2.45, 2.75) is 12.1 Å². The normalized spacial score (nSPS) is 20.2. The fraction of sp³-hybridized carbons (Fsp3) is 0.222. The largest absolute Gasteiger partial charge is 0.378 e. The number of hydrogen-bond acceptors (Lipinski definition) is 5. The van der Waals surface area contributed by atoms with Crippen molar-refractivity contribution in [2.24, 2.45) is 0 Å². The minimum absolute atomic E-state index is 0.0955. The highest BCUT2D eigenvalue weighted by atomic mass is 32.1. The lowest BCUT2D eigenvalue weighted by Crippen LogP contribution is -2.36. The van der Waals surface area contributed by atoms with E-state index in [4.69, 9.17) is 17.0 Å². The van der Waals surface area contributed by atoms with Crippen molar-refractivity contribution in [2.75, 3.05) is 36.1 Å². The number of rotatable bonds is 5. The third-order valence-electron chi connectivity index (χ3n) is 6.61. The van der Waals surface area contributed by atoms with Crippen molar-refractivity contribution in [1.29, 1.82) is 0 Å². The Morgan fingerprint density at radius 1 is 0.857 bits per heavy atom. The molecule has 2 atom stereocenters. The Bertz CT molecular complexity index is 1290. The molecule has 3 aromatic heterocycles. The third kappa shape index (κ3) is 4.15. The van der Waals surface area contributed by atoms with Crippen molar-refractivity contribution in [3.63, 3.8) is 0 Å². The van der Waals surface area contributed by atoms with Crippen LogP contribution in [0.2, 0.25) is 0 Å². The summed E-state index contributed by atoms with van der Waals surface area (Å²) in [5.41, 5.74) is 5.31. The van der Waals surface area contributed by atoms with E-state index in [1.165, 1.54) is 5.69 Å². The Morgan fingerprint density at radius 3 is 2.43 bits per heavy atom. The smallest absolute Gasteiger partial charge is 0.174 e. The van der Waals surface area contributed by atoms with Gasteiger partial charge in [0.15, 0.2) is 5.11 Å². The molecule has 1 N–H and O–H groups in total. The van der Waals surface area contributed by atoms with Crippen molar-refractivity contribution in [3.8, 4) is 5.69 Å². The first kappa shape index (κ1) is 21.8. The van der Waals surface area contributed by atoms with Crippen LogP contribution in [0.25, 0.3) is 5.69 Å². The van der Waals surface area contributed by atoms with Crippen LogP contribution in [0.15, 0.2) is 91.5 Å². The van der Waals surface area contributed by atoms with Gasteiger partial charge < -0.3 is 24.4 Å². The summed E-state index contributed by atoms with van der Waals surface area (Å²) in [4.78, 5) is 13.6. The first-order valence-electron chi connectivity index (χ1n) is 11.8. The number of aromatic nitrogens is 3. The molecule has 4 aromatic rings. The summed E-state index contributed by atoms with van der Waals surface area (Å²) in [6.07, 6.45) is 7.57. The van der Waals surface area contributed by atoms with Crippen LogP contribution in [-0.4, -0.2) is 46.0 Å². The summed E-state index contributed by atoms with van der Waals surface area (Å²) in [5, 5.41) is 4.24. The average molecular weight is 483 g/mol. The van der Waals surface area contributed by atoms with Gasteiger partial charge in [0.05, 0.1) is 36.8 Å². The molecule has 0 spiro atoms. The van der Waals surface area contributed by atoms with E-state index in [2.05, 4.69) is 84.4 Å². The molecule has 7 nitrogen and oxygen atoms in total. The number of thiocarbonyl (C=S) groups is 1. The molecule has 0 bridgehead atoms. The van der Waals surface area contributed by atoms with Crippen LogP contribution in [0.5, 0.6) is 0 Å². The molecule has 5 heterocycles. The van der Waals surface area contributed by atoms with E-state index in [0.29, 0.717) is 5.11 Å². The van der Waals surface area contributed by atoms with E-state index in [1.807, 2.05) is 30.6 Å². The lowest BCUT2D eigenvalue weighted by molar-refractivity contribution is 0.122. The van der Waals surface area contributed by atoms with Crippen molar-refractivity contribution in [3.05, 3.63) is 103 Å². The zero-order valence-electron chi connectivity index (χ0n) is 19.2. The molecule has 2 aliphatic rings. The number of pyridine rings is 2. The van der Waals surface area contributed by atoms with Crippen LogP contribution in [0.3, 0.4) is 0 Å². The highest BCUT2D eigenvalue weighted by Gasteiger charge is 2.42. The predicted molar refractivity (Wildman–Crippen MR) is 141 cm³/mol. The van der Waals surface area contributed by atoms with Gasteiger partial charge >= 0.3 is 0 Å². The molecule has 0 aliphatic carbocycles. The molecule has 6 rings (SSSR count). The van der Waals surface area contributed by atoms with Crippen molar-refractivity contribution >= 4 is 28.7 Å². The van der Waals surface area contributed by atoms with E-state index >= 15 is 0 Å². The van der Waals surface area contributed by atoms with Crippen LogP contribution in [0.4, 0.5) is 11.4 Å². The third-order valence-corrected chi connectivity index (χ3v) is 6.92. The van der Waals surface area contributed by atoms with Crippen LogP contribution in [0, 0.1) is 0 Å². The summed E-state index contributed by atoms with van der Waals surface area (Å²) in [6.45, 7) is 3.35. The maximum absolute atomic E-state index is 5.91. The minimum atomic E-state index is -0.104. The fourth-order valence-electron chi connectivity index (χ4n) is 4.95. The molecule has 8 heteroatoms. The molecule has 0 amide bonds. The minimum Gasteiger partial charge on any atom is -0.378 e. The standard InChI is InChI=1S/C27H26N6OS/c35-27-30-25(23-6-1-2-13-29-23)26(24-7-4-14-32(24)22-5-3-12-28-19-22)33(27)21-10-8-20(9-11-21)31-15-17-34-18-16-31/h1-14,19,25-26H,15-18H2,(H,30,35)/t25-,26-/m0/s1. The molecular formula is C27H26N6OS. The summed E-state index contributed by atoms with van der Waals surface area (Å²) in [6, 6.07) is 22.7. The molecule has 0 saturated carbocycles. The van der Waals surface area contributed by atoms with Gasteiger partial charge in [-0.15, -0.1) is 0 Å². The number of nitrogens with one attached hydrogen (secondary N) is 1. The van der Waals surface area contributed by atoms with Gasteiger partial charge in [-0.25, -0.2) is 0 Å². The van der Waals surface area contributed by atoms with E-state index in [-0.39, 0.29) is 12.1 Å². The second-order valence-corrected chi connectivity index (χ2v) is 9.01. The summed E-state index contributed by atoms with van der Waals surface area (Å²) < 4.78 is 7.69. The second-order valence-electron chi connectivity index (χ2n) is 8.63. The Labute approximate surface area is 210 Å². The molecule has 0 unspecified atom stereocenters. The fourth-order valence-corrected chi connectivity index (χ4v) is 5.29. The van der Waals surface area contributed by atoms with Gasteiger partial charge in [-0.05, 0) is 72.9 Å². The predicted octanol–water partition coefficient (Wildman–Crippen LogP) is 4.28. The molecule has 2 saturated heterocycles. The molecule has 35 heavy (non-hydrogen) atoms. The lowest BCUT2D eigenvalue weighted by Gasteiger charge is -2.31. The first-order chi connectivity index (χ1) is 17.3. The summed E-state index contributed by atoms with van der Waals surface area (Å²) >= 11 is 5.91. The second kappa shape index (κ2) is 9.48. The Morgan fingerprint density at radius 2 is 1.69 bits per heavy atom. The van der Waals surface area contributed by atoms with Crippen LogP contribution < -0.4 is 15.1 Å². The summed E-state index contributed by atoms with van der Waals surface area (Å²) in [7, 11) is 0. The zero-order chi connectivity index (χ0) is 23.6. The van der Waals surface area contributed by atoms with E-state index in [0.717, 1.165) is 49.1 Å². The van der Waals surface area contributed by atoms with Crippen LogP contribution in [-0.2, 0) is 4.74 Å². The first-order valence-corrected chi connectivity index (χ1v) is 12.2. The number of hydrogen-bond donors (Lipinski definition) is 1. The van der Waals surface area contributed by atoms with E-state index < -0.39 is 0 Å². The number of anilines is 2.